The van der Waals surface area contributed by atoms with E-state index in [-0.39, 0.29) is 0 Å². The van der Waals surface area contributed by atoms with E-state index in [0.29, 0.717) is 12.3 Å². The summed E-state index contributed by atoms with van der Waals surface area (Å²) in [7, 11) is 0. The number of H-pyrrole nitrogens is 1. The molecule has 0 spiro atoms. The summed E-state index contributed by atoms with van der Waals surface area (Å²) in [5, 5.41) is 5.47. The molecule has 1 aliphatic carbocycles. The van der Waals surface area contributed by atoms with Gasteiger partial charge in [0.15, 0.2) is 0 Å². The van der Waals surface area contributed by atoms with E-state index in [4.69, 9.17) is 10.7 Å². The Morgan fingerprint density at radius 3 is 2.79 bits per heavy atom. The second-order valence-corrected chi connectivity index (χ2v) is 9.67. The minimum atomic E-state index is 0.589. The average Bonchev–Trinajstić information content (AvgIpc) is 3.40. The van der Waals surface area contributed by atoms with Gasteiger partial charge in [-0.2, -0.15) is 0 Å². The summed E-state index contributed by atoms with van der Waals surface area (Å²) < 4.78 is 0. The molecule has 6 nitrogen and oxygen atoms in total. The smallest absolute Gasteiger partial charge is 0.111 e. The van der Waals surface area contributed by atoms with Crippen LogP contribution in [-0.4, -0.2) is 19.9 Å². The van der Waals surface area contributed by atoms with E-state index in [9.17, 15) is 0 Å². The number of imidazole rings is 1. The van der Waals surface area contributed by atoms with Gasteiger partial charge in [-0.3, -0.25) is 9.97 Å². The van der Waals surface area contributed by atoms with Gasteiger partial charge in [0.2, 0.25) is 0 Å². The molecule has 34 heavy (non-hydrogen) atoms. The van der Waals surface area contributed by atoms with Crippen molar-refractivity contribution in [1.29, 1.82) is 0 Å². The van der Waals surface area contributed by atoms with Crippen LogP contribution in [0.3, 0.4) is 0 Å². The lowest BCUT2D eigenvalue weighted by Crippen LogP contribution is -2.01. The zero-order chi connectivity index (χ0) is 23.1. The van der Waals surface area contributed by atoms with Crippen LogP contribution in [0.2, 0.25) is 0 Å². The molecule has 0 unspecified atom stereocenters. The van der Waals surface area contributed by atoms with Crippen LogP contribution in [0.4, 0.5) is 11.4 Å². The van der Waals surface area contributed by atoms with Gasteiger partial charge in [0, 0.05) is 46.2 Å². The summed E-state index contributed by atoms with van der Waals surface area (Å²) in [6.07, 6.45) is 10.4. The Kier molecular flexibility index (Phi) is 5.11. The molecule has 0 aliphatic heterocycles. The van der Waals surface area contributed by atoms with Crippen LogP contribution in [0.1, 0.15) is 24.2 Å². The lowest BCUT2D eigenvalue weighted by Gasteiger charge is -2.11. The molecular weight excluding hydrogens is 440 g/mol. The van der Waals surface area contributed by atoms with Gasteiger partial charge in [-0.25, -0.2) is 4.98 Å². The molecule has 1 aliphatic rings. The minimum Gasteiger partial charge on any atom is -0.398 e. The predicted octanol–water partition coefficient (Wildman–Crippen LogP) is 6.26. The van der Waals surface area contributed by atoms with Gasteiger partial charge >= 0.3 is 0 Å². The van der Waals surface area contributed by atoms with Gasteiger partial charge in [-0.1, -0.05) is 18.7 Å². The highest BCUT2D eigenvalue weighted by atomic mass is 32.1. The summed E-state index contributed by atoms with van der Waals surface area (Å²) in [5.41, 5.74) is 15.1. The second-order valence-electron chi connectivity index (χ2n) is 8.72. The number of benzene rings is 1. The number of thiophene rings is 1. The highest BCUT2D eigenvalue weighted by molar-refractivity contribution is 7.13. The van der Waals surface area contributed by atoms with Crippen LogP contribution in [-0.2, 0) is 6.42 Å². The number of rotatable bonds is 7. The topological polar surface area (TPSA) is 92.5 Å². The van der Waals surface area contributed by atoms with Gasteiger partial charge in [0.1, 0.15) is 11.3 Å². The number of fused-ring (bicyclic) bond motifs is 1. The first-order valence-corrected chi connectivity index (χ1v) is 12.2. The number of pyridine rings is 2. The molecule has 0 saturated heterocycles. The quantitative estimate of drug-likeness (QED) is 0.247. The average molecular weight is 465 g/mol. The first kappa shape index (κ1) is 20.6. The molecule has 4 N–H and O–H groups in total. The maximum absolute atomic E-state index is 6.36. The van der Waals surface area contributed by atoms with E-state index in [1.54, 1.807) is 11.3 Å². The molecule has 1 saturated carbocycles. The Morgan fingerprint density at radius 2 is 1.97 bits per heavy atom. The Bertz CT molecular complexity index is 1500. The molecule has 0 radical (unpaired) electrons. The summed E-state index contributed by atoms with van der Waals surface area (Å²) in [6.45, 7) is 4.16. The number of nitrogens with one attached hydrogen (secondary N) is 2. The third-order valence-electron chi connectivity index (χ3n) is 6.18. The van der Waals surface area contributed by atoms with Crippen molar-refractivity contribution in [3.8, 4) is 21.6 Å². The number of nitrogen functional groups attached to an aromatic ring is 1. The van der Waals surface area contributed by atoms with Crippen molar-refractivity contribution in [3.63, 3.8) is 0 Å². The number of anilines is 2. The van der Waals surface area contributed by atoms with Crippen LogP contribution >= 0.6 is 11.3 Å². The molecular formula is C27H24N6S. The van der Waals surface area contributed by atoms with Gasteiger partial charge in [0.25, 0.3) is 0 Å². The van der Waals surface area contributed by atoms with E-state index >= 15 is 0 Å². The van der Waals surface area contributed by atoms with Gasteiger partial charge in [-0.15, -0.1) is 11.3 Å². The molecule has 7 heteroatoms. The third kappa shape index (κ3) is 4.06. The van der Waals surface area contributed by atoms with E-state index in [0.717, 1.165) is 61.1 Å². The molecule has 0 atom stereocenters. The van der Waals surface area contributed by atoms with Crippen molar-refractivity contribution in [2.45, 2.75) is 19.3 Å². The van der Waals surface area contributed by atoms with E-state index in [2.05, 4.69) is 50.4 Å². The summed E-state index contributed by atoms with van der Waals surface area (Å²) in [6, 6.07) is 12.4. The molecule has 5 aromatic rings. The van der Waals surface area contributed by atoms with Crippen molar-refractivity contribution in [2.24, 2.45) is 5.92 Å². The Hall–Kier alpha value is -3.97. The van der Waals surface area contributed by atoms with Crippen molar-refractivity contribution >= 4 is 33.7 Å². The van der Waals surface area contributed by atoms with Crippen molar-refractivity contribution in [3.05, 3.63) is 90.2 Å². The SMILES string of the molecule is C=C(Nc1cncc(-c2ccc(N)c(Cc3nc4c(-c5cccs5)cncc4[nH]3)c2)c1)C1CC1. The fourth-order valence-electron chi connectivity index (χ4n) is 4.18. The second kappa shape index (κ2) is 8.43. The van der Waals surface area contributed by atoms with Crippen LogP contribution in [0.25, 0.3) is 32.6 Å². The maximum atomic E-state index is 6.36. The van der Waals surface area contributed by atoms with Gasteiger partial charge < -0.3 is 16.0 Å². The number of nitrogens with two attached hydrogens (primary N) is 1. The Balaban J connectivity index is 1.29. The van der Waals surface area contributed by atoms with Crippen molar-refractivity contribution in [1.82, 2.24) is 19.9 Å². The van der Waals surface area contributed by atoms with Crippen molar-refractivity contribution in [2.75, 3.05) is 11.1 Å². The lowest BCUT2D eigenvalue weighted by atomic mass is 10.0. The number of nitrogens with zero attached hydrogens (tertiary/aromatic N) is 3. The lowest BCUT2D eigenvalue weighted by molar-refractivity contribution is 1.02. The van der Waals surface area contributed by atoms with E-state index in [1.165, 1.54) is 12.8 Å². The molecule has 4 heterocycles. The van der Waals surface area contributed by atoms with Crippen LogP contribution in [0.5, 0.6) is 0 Å². The third-order valence-corrected chi connectivity index (χ3v) is 7.08. The predicted molar refractivity (Wildman–Crippen MR) is 140 cm³/mol. The molecule has 6 rings (SSSR count). The zero-order valence-corrected chi connectivity index (χ0v) is 19.4. The van der Waals surface area contributed by atoms with Crippen LogP contribution in [0.15, 0.2) is 78.8 Å². The number of hydrogen-bond donors (Lipinski definition) is 3. The maximum Gasteiger partial charge on any atom is 0.111 e. The van der Waals surface area contributed by atoms with Gasteiger partial charge in [-0.05, 0) is 59.5 Å². The molecule has 1 aromatic carbocycles. The molecule has 4 aromatic heterocycles. The number of allylic oxidation sites excluding steroid dienone is 1. The zero-order valence-electron chi connectivity index (χ0n) is 18.6. The van der Waals surface area contributed by atoms with E-state index in [1.807, 2.05) is 43.0 Å². The first-order chi connectivity index (χ1) is 16.6. The number of hydrogen-bond acceptors (Lipinski definition) is 6. The number of aromatic nitrogens is 4. The normalized spacial score (nSPS) is 13.3. The highest BCUT2D eigenvalue weighted by Crippen LogP contribution is 2.36. The number of aromatic amines is 1. The minimum absolute atomic E-state index is 0.589. The molecule has 1 fully saturated rings. The molecule has 0 amide bonds. The van der Waals surface area contributed by atoms with E-state index < -0.39 is 0 Å². The summed E-state index contributed by atoms with van der Waals surface area (Å²) in [5.74, 6) is 1.45. The van der Waals surface area contributed by atoms with Crippen LogP contribution in [0, 0.1) is 5.92 Å². The Morgan fingerprint density at radius 1 is 1.09 bits per heavy atom. The summed E-state index contributed by atoms with van der Waals surface area (Å²) in [4.78, 5) is 18.3. The molecule has 0 bridgehead atoms. The van der Waals surface area contributed by atoms with Gasteiger partial charge in [0.05, 0.1) is 23.6 Å². The fraction of sp³-hybridized carbons (Fsp3) is 0.148. The largest absolute Gasteiger partial charge is 0.398 e. The highest BCUT2D eigenvalue weighted by Gasteiger charge is 2.24. The fourth-order valence-corrected chi connectivity index (χ4v) is 4.92. The standard InChI is InChI=1S/C27H24N6S/c1-16(17-4-5-17)31-21-10-20(12-29-13-21)18-6-7-23(28)19(9-18)11-26-32-24-15-30-14-22(27(24)33-26)25-3-2-8-34-25/h2-3,6-10,12-15,17,31H,1,4-5,11,28H2,(H,32,33). The Labute approximate surface area is 201 Å². The molecule has 168 valence electrons. The summed E-state index contributed by atoms with van der Waals surface area (Å²) >= 11 is 1.69. The van der Waals surface area contributed by atoms with Crippen LogP contribution < -0.4 is 11.1 Å². The monoisotopic (exact) mass is 464 g/mol. The first-order valence-electron chi connectivity index (χ1n) is 11.3. The van der Waals surface area contributed by atoms with Crippen molar-refractivity contribution < 1.29 is 0 Å².